The predicted octanol–water partition coefficient (Wildman–Crippen LogP) is 3.37. The van der Waals surface area contributed by atoms with Gasteiger partial charge in [0.05, 0.1) is 0 Å². The van der Waals surface area contributed by atoms with Crippen molar-refractivity contribution in [3.8, 4) is 0 Å². The lowest BCUT2D eigenvalue weighted by molar-refractivity contribution is -0.124. The van der Waals surface area contributed by atoms with E-state index in [9.17, 15) is 4.79 Å². The van der Waals surface area contributed by atoms with Crippen molar-refractivity contribution in [2.24, 2.45) is 5.92 Å². The second kappa shape index (κ2) is 12.9. The zero-order chi connectivity index (χ0) is 17.4. The number of aromatic nitrogens is 1. The van der Waals surface area contributed by atoms with E-state index in [4.69, 9.17) is 5.21 Å². The van der Waals surface area contributed by atoms with Crippen molar-refractivity contribution in [1.29, 1.82) is 0 Å². The van der Waals surface area contributed by atoms with E-state index in [2.05, 4.69) is 29.0 Å². The molecule has 3 N–H and O–H groups in total. The van der Waals surface area contributed by atoms with Gasteiger partial charge in [-0.2, -0.15) is 0 Å². The molecular formula is C18H30Cl2N4O2. The average molecular weight is 405 g/mol. The fraction of sp³-hybridized carbons (Fsp3) is 0.556. The molecule has 26 heavy (non-hydrogen) atoms. The number of rotatable bonds is 8. The van der Waals surface area contributed by atoms with E-state index in [1.165, 1.54) is 25.5 Å². The second-order valence-electron chi connectivity index (χ2n) is 6.36. The molecule has 0 saturated carbocycles. The summed E-state index contributed by atoms with van der Waals surface area (Å²) in [7, 11) is 0. The number of nitrogens with one attached hydrogen (secondary N) is 2. The van der Waals surface area contributed by atoms with Crippen molar-refractivity contribution < 1.29 is 10.0 Å². The van der Waals surface area contributed by atoms with Gasteiger partial charge < -0.3 is 10.2 Å². The smallest absolute Gasteiger partial charge is 0.267 e. The summed E-state index contributed by atoms with van der Waals surface area (Å²) in [4.78, 5) is 17.9. The van der Waals surface area contributed by atoms with Crippen LogP contribution in [-0.2, 0) is 4.79 Å². The van der Waals surface area contributed by atoms with Crippen molar-refractivity contribution in [2.75, 3.05) is 25.0 Å². The minimum absolute atomic E-state index is 0. The van der Waals surface area contributed by atoms with Gasteiger partial charge in [-0.1, -0.05) is 26.7 Å². The number of hydrogen-bond acceptors (Lipinski definition) is 5. The Labute approximate surface area is 168 Å². The van der Waals surface area contributed by atoms with Crippen LogP contribution in [0.25, 0.3) is 6.08 Å². The molecule has 2 heterocycles. The lowest BCUT2D eigenvalue weighted by atomic mass is 10.0. The first-order valence-electron chi connectivity index (χ1n) is 8.71. The highest BCUT2D eigenvalue weighted by Crippen LogP contribution is 2.18. The largest absolute Gasteiger partial charge is 0.366 e. The van der Waals surface area contributed by atoms with Gasteiger partial charge in [0, 0.05) is 37.9 Å². The number of amides is 1. The third-order valence-electron chi connectivity index (χ3n) is 4.62. The Morgan fingerprint density at radius 3 is 2.69 bits per heavy atom. The first-order chi connectivity index (χ1) is 11.6. The van der Waals surface area contributed by atoms with Crippen LogP contribution in [0.4, 0.5) is 5.82 Å². The van der Waals surface area contributed by atoms with Crippen molar-refractivity contribution in [2.45, 2.75) is 39.2 Å². The number of anilines is 1. The fourth-order valence-electron chi connectivity index (χ4n) is 3.04. The molecule has 0 bridgehead atoms. The Morgan fingerprint density at radius 1 is 1.38 bits per heavy atom. The van der Waals surface area contributed by atoms with E-state index in [0.717, 1.165) is 36.8 Å². The summed E-state index contributed by atoms with van der Waals surface area (Å²) < 4.78 is 0. The number of nitrogens with zero attached hydrogens (tertiary/aromatic N) is 2. The van der Waals surface area contributed by atoms with Gasteiger partial charge in [-0.15, -0.1) is 24.8 Å². The molecule has 0 aliphatic carbocycles. The Morgan fingerprint density at radius 2 is 2.12 bits per heavy atom. The molecule has 1 atom stereocenters. The number of pyridine rings is 1. The van der Waals surface area contributed by atoms with Crippen LogP contribution in [0.15, 0.2) is 24.4 Å². The molecule has 1 saturated heterocycles. The summed E-state index contributed by atoms with van der Waals surface area (Å²) in [6, 6.07) is 4.25. The zero-order valence-corrected chi connectivity index (χ0v) is 17.0. The summed E-state index contributed by atoms with van der Waals surface area (Å²) in [5.74, 6) is 1.10. The molecule has 2 rings (SSSR count). The minimum Gasteiger partial charge on any atom is -0.366 e. The molecule has 1 aliphatic heterocycles. The van der Waals surface area contributed by atoms with Crippen LogP contribution >= 0.6 is 24.8 Å². The van der Waals surface area contributed by atoms with Crippen molar-refractivity contribution in [1.82, 2.24) is 15.4 Å². The van der Waals surface area contributed by atoms with Crippen molar-refractivity contribution in [3.05, 3.63) is 30.0 Å². The summed E-state index contributed by atoms with van der Waals surface area (Å²) >= 11 is 0. The van der Waals surface area contributed by atoms with Crippen LogP contribution in [0.2, 0.25) is 0 Å². The molecule has 148 valence electrons. The monoisotopic (exact) mass is 404 g/mol. The highest BCUT2D eigenvalue weighted by atomic mass is 35.5. The van der Waals surface area contributed by atoms with Crippen molar-refractivity contribution in [3.63, 3.8) is 0 Å². The first-order valence-corrected chi connectivity index (χ1v) is 8.71. The summed E-state index contributed by atoms with van der Waals surface area (Å²) in [5, 5.41) is 11.9. The molecule has 0 aromatic carbocycles. The highest BCUT2D eigenvalue weighted by molar-refractivity contribution is 5.90. The SMILES string of the molecule is CCC(CC)CN1CC[C@@H](Nc2ccc(C=CC(=O)NO)cn2)C1.Cl.Cl. The molecule has 1 aromatic rings. The third kappa shape index (κ3) is 7.91. The fourth-order valence-corrected chi connectivity index (χ4v) is 3.04. The van der Waals surface area contributed by atoms with E-state index in [1.54, 1.807) is 17.8 Å². The molecule has 1 fully saturated rings. The van der Waals surface area contributed by atoms with Gasteiger partial charge in [0.15, 0.2) is 0 Å². The van der Waals surface area contributed by atoms with E-state index in [1.807, 2.05) is 12.1 Å². The Hall–Kier alpha value is -1.34. The van der Waals surface area contributed by atoms with Crippen LogP contribution < -0.4 is 10.8 Å². The molecule has 6 nitrogen and oxygen atoms in total. The zero-order valence-electron chi connectivity index (χ0n) is 15.4. The normalized spacial score (nSPS) is 17.0. The molecule has 0 unspecified atom stereocenters. The Balaban J connectivity index is 0.00000312. The topological polar surface area (TPSA) is 77.5 Å². The quantitative estimate of drug-likeness (QED) is 0.351. The van der Waals surface area contributed by atoms with Gasteiger partial charge >= 0.3 is 0 Å². The van der Waals surface area contributed by atoms with Crippen LogP contribution in [0, 0.1) is 5.92 Å². The van der Waals surface area contributed by atoms with Crippen LogP contribution in [-0.4, -0.2) is 46.7 Å². The minimum atomic E-state index is -0.555. The average Bonchev–Trinajstić information content (AvgIpc) is 3.05. The molecule has 0 spiro atoms. The standard InChI is InChI=1S/C18H28N4O2.2ClH/c1-3-14(4-2)12-22-10-9-16(13-22)20-17-7-5-15(11-19-17)6-8-18(23)21-24;;/h5-8,11,14,16,24H,3-4,9-10,12-13H2,1-2H3,(H,19,20)(H,21,23);2*1H/t16-;;/m1../s1. The number of likely N-dealkylation sites (tertiary alicyclic amines) is 1. The van der Waals surface area contributed by atoms with E-state index >= 15 is 0 Å². The summed E-state index contributed by atoms with van der Waals surface area (Å²) in [6.45, 7) is 7.94. The maximum Gasteiger partial charge on any atom is 0.267 e. The first kappa shape index (κ1) is 24.7. The van der Waals surface area contributed by atoms with Gasteiger partial charge in [0.1, 0.15) is 5.82 Å². The van der Waals surface area contributed by atoms with E-state index in [-0.39, 0.29) is 24.8 Å². The third-order valence-corrected chi connectivity index (χ3v) is 4.62. The number of hydrogen-bond donors (Lipinski definition) is 3. The molecule has 0 radical (unpaired) electrons. The van der Waals surface area contributed by atoms with Crippen LogP contribution in [0.3, 0.4) is 0 Å². The summed E-state index contributed by atoms with van der Waals surface area (Å²) in [6.07, 6.45) is 8.21. The maximum atomic E-state index is 10.9. The Bertz CT molecular complexity index is 551. The molecule has 8 heteroatoms. The lowest BCUT2D eigenvalue weighted by Crippen LogP contribution is -2.30. The van der Waals surface area contributed by atoms with Gasteiger partial charge in [-0.3, -0.25) is 10.0 Å². The molecule has 1 aromatic heterocycles. The molecule has 1 amide bonds. The number of halogens is 2. The molecular weight excluding hydrogens is 375 g/mol. The van der Waals surface area contributed by atoms with E-state index < -0.39 is 5.91 Å². The van der Waals surface area contributed by atoms with Gasteiger partial charge in [0.2, 0.25) is 0 Å². The highest BCUT2D eigenvalue weighted by Gasteiger charge is 2.23. The lowest BCUT2D eigenvalue weighted by Gasteiger charge is -2.22. The van der Waals surface area contributed by atoms with Gasteiger partial charge in [-0.05, 0) is 36.1 Å². The Kier molecular flexibility index (Phi) is 12.3. The van der Waals surface area contributed by atoms with Crippen LogP contribution in [0.5, 0.6) is 0 Å². The predicted molar refractivity (Wildman–Crippen MR) is 110 cm³/mol. The second-order valence-corrected chi connectivity index (χ2v) is 6.36. The number of carbonyl (C=O) groups excluding carboxylic acids is 1. The molecule has 1 aliphatic rings. The summed E-state index contributed by atoms with van der Waals surface area (Å²) in [5.41, 5.74) is 2.37. The van der Waals surface area contributed by atoms with Crippen molar-refractivity contribution >= 4 is 42.6 Å². The van der Waals surface area contributed by atoms with Crippen LogP contribution in [0.1, 0.15) is 38.7 Å². The number of hydroxylamine groups is 1. The van der Waals surface area contributed by atoms with Gasteiger partial charge in [0.25, 0.3) is 5.91 Å². The maximum absolute atomic E-state index is 10.9. The van der Waals surface area contributed by atoms with E-state index in [0.29, 0.717) is 6.04 Å². The number of carbonyl (C=O) groups is 1. The van der Waals surface area contributed by atoms with Gasteiger partial charge in [-0.25, -0.2) is 10.5 Å².